The van der Waals surface area contributed by atoms with Gasteiger partial charge in [0, 0.05) is 18.1 Å². The molecule has 2 N–H and O–H groups in total. The molecule has 2 saturated carbocycles. The topological polar surface area (TPSA) is 29.3 Å². The van der Waals surface area contributed by atoms with Crippen LogP contribution in [0.25, 0.3) is 0 Å². The first kappa shape index (κ1) is 10.4. The molecular weight excluding hydrogens is 172 g/mol. The second-order valence-corrected chi connectivity index (χ2v) is 5.22. The summed E-state index contributed by atoms with van der Waals surface area (Å²) in [5.41, 5.74) is 6.39. The van der Waals surface area contributed by atoms with Crippen LogP contribution >= 0.6 is 0 Å². The molecule has 2 aliphatic rings. The highest BCUT2D eigenvalue weighted by Crippen LogP contribution is 2.34. The van der Waals surface area contributed by atoms with Crippen LogP contribution in [0.3, 0.4) is 0 Å². The quantitative estimate of drug-likeness (QED) is 0.746. The summed E-state index contributed by atoms with van der Waals surface area (Å²) >= 11 is 0. The lowest BCUT2D eigenvalue weighted by atomic mass is 9.94. The third-order valence-electron chi connectivity index (χ3n) is 3.91. The average molecular weight is 196 g/mol. The maximum absolute atomic E-state index is 6.19. The predicted molar refractivity (Wildman–Crippen MR) is 60.3 cm³/mol. The lowest BCUT2D eigenvalue weighted by molar-refractivity contribution is 0.151. The van der Waals surface area contributed by atoms with Crippen molar-refractivity contribution in [2.24, 2.45) is 5.73 Å². The van der Waals surface area contributed by atoms with Crippen molar-refractivity contribution in [2.45, 2.75) is 63.5 Å². The number of hydrogen-bond donors (Lipinski definition) is 1. The van der Waals surface area contributed by atoms with Gasteiger partial charge in [0.25, 0.3) is 0 Å². The van der Waals surface area contributed by atoms with Gasteiger partial charge in [-0.1, -0.05) is 26.2 Å². The fourth-order valence-corrected chi connectivity index (χ4v) is 2.67. The van der Waals surface area contributed by atoms with E-state index in [2.05, 4.69) is 11.8 Å². The van der Waals surface area contributed by atoms with Crippen LogP contribution in [0.4, 0.5) is 0 Å². The fraction of sp³-hybridized carbons (Fsp3) is 1.00. The first-order valence-corrected chi connectivity index (χ1v) is 6.26. The highest BCUT2D eigenvalue weighted by atomic mass is 15.2. The molecule has 0 atom stereocenters. The molecule has 0 heterocycles. The molecule has 0 saturated heterocycles. The van der Waals surface area contributed by atoms with Gasteiger partial charge in [-0.05, 0) is 32.2 Å². The Morgan fingerprint density at radius 1 is 1.21 bits per heavy atom. The number of nitrogens with zero attached hydrogens (tertiary/aromatic N) is 1. The van der Waals surface area contributed by atoms with Crippen molar-refractivity contribution in [3.05, 3.63) is 0 Å². The third kappa shape index (κ3) is 2.48. The van der Waals surface area contributed by atoms with Gasteiger partial charge in [-0.3, -0.25) is 4.90 Å². The minimum Gasteiger partial charge on any atom is -0.324 e. The predicted octanol–water partition coefficient (Wildman–Crippen LogP) is 2.13. The molecule has 82 valence electrons. The van der Waals surface area contributed by atoms with Gasteiger partial charge in [-0.15, -0.1) is 0 Å². The molecule has 14 heavy (non-hydrogen) atoms. The first-order chi connectivity index (χ1) is 6.73. The molecule has 0 aromatic rings. The summed E-state index contributed by atoms with van der Waals surface area (Å²) in [6.45, 7) is 4.61. The fourth-order valence-electron chi connectivity index (χ4n) is 2.67. The first-order valence-electron chi connectivity index (χ1n) is 6.26. The summed E-state index contributed by atoms with van der Waals surface area (Å²) in [7, 11) is 0. The summed E-state index contributed by atoms with van der Waals surface area (Å²) in [6.07, 6.45) is 9.61. The van der Waals surface area contributed by atoms with Crippen molar-refractivity contribution in [3.8, 4) is 0 Å². The van der Waals surface area contributed by atoms with Crippen LogP contribution in [0.15, 0.2) is 0 Å². The maximum atomic E-state index is 6.19. The van der Waals surface area contributed by atoms with Crippen LogP contribution in [0.1, 0.15) is 51.9 Å². The van der Waals surface area contributed by atoms with E-state index in [0.717, 1.165) is 12.6 Å². The molecule has 0 bridgehead atoms. The average Bonchev–Trinajstić information content (AvgIpc) is 2.95. The number of hydrogen-bond acceptors (Lipinski definition) is 2. The Morgan fingerprint density at radius 2 is 1.86 bits per heavy atom. The van der Waals surface area contributed by atoms with E-state index in [9.17, 15) is 0 Å². The van der Waals surface area contributed by atoms with Gasteiger partial charge in [0.15, 0.2) is 0 Å². The summed E-state index contributed by atoms with van der Waals surface area (Å²) in [5, 5.41) is 0. The summed E-state index contributed by atoms with van der Waals surface area (Å²) in [5.74, 6) is 0. The van der Waals surface area contributed by atoms with Crippen LogP contribution in [-0.4, -0.2) is 29.6 Å². The van der Waals surface area contributed by atoms with Gasteiger partial charge >= 0.3 is 0 Å². The molecule has 0 aromatic carbocycles. The van der Waals surface area contributed by atoms with E-state index in [1.54, 1.807) is 0 Å². The Hall–Kier alpha value is -0.0800. The molecule has 2 nitrogen and oxygen atoms in total. The normalized spacial score (nSPS) is 26.8. The van der Waals surface area contributed by atoms with E-state index in [-0.39, 0.29) is 5.54 Å². The van der Waals surface area contributed by atoms with Crippen LogP contribution in [0.2, 0.25) is 0 Å². The Bertz CT molecular complexity index is 181. The van der Waals surface area contributed by atoms with Gasteiger partial charge in [-0.2, -0.15) is 0 Å². The van der Waals surface area contributed by atoms with E-state index in [4.69, 9.17) is 5.73 Å². The molecule has 0 aliphatic heterocycles. The Kier molecular flexibility index (Phi) is 3.13. The SMILES string of the molecule is CCN(CC1(N)CC1)C1CCCCC1. The van der Waals surface area contributed by atoms with Gasteiger partial charge in [0.2, 0.25) is 0 Å². The van der Waals surface area contributed by atoms with E-state index < -0.39 is 0 Å². The minimum absolute atomic E-state index is 0.202. The molecule has 2 fully saturated rings. The lowest BCUT2D eigenvalue weighted by Gasteiger charge is -2.35. The third-order valence-corrected chi connectivity index (χ3v) is 3.91. The maximum Gasteiger partial charge on any atom is 0.0284 e. The van der Waals surface area contributed by atoms with E-state index >= 15 is 0 Å². The molecule has 2 rings (SSSR count). The molecule has 2 heteroatoms. The number of rotatable bonds is 4. The van der Waals surface area contributed by atoms with Crippen molar-refractivity contribution in [1.82, 2.24) is 4.90 Å². The van der Waals surface area contributed by atoms with E-state index in [1.165, 1.54) is 51.5 Å². The standard InChI is InChI=1S/C12H24N2/c1-2-14(10-12(13)8-9-12)11-6-4-3-5-7-11/h11H,2-10,13H2,1H3. The van der Waals surface area contributed by atoms with Crippen molar-refractivity contribution in [1.29, 1.82) is 0 Å². The second kappa shape index (κ2) is 4.19. The highest BCUT2D eigenvalue weighted by molar-refractivity contribution is 5.01. The summed E-state index contributed by atoms with van der Waals surface area (Å²) in [4.78, 5) is 2.63. The molecule has 0 amide bonds. The van der Waals surface area contributed by atoms with Crippen molar-refractivity contribution in [2.75, 3.05) is 13.1 Å². The zero-order valence-corrected chi connectivity index (χ0v) is 9.47. The minimum atomic E-state index is 0.202. The van der Waals surface area contributed by atoms with Crippen molar-refractivity contribution < 1.29 is 0 Å². The summed E-state index contributed by atoms with van der Waals surface area (Å²) in [6, 6.07) is 0.842. The highest BCUT2D eigenvalue weighted by Gasteiger charge is 2.40. The number of nitrogens with two attached hydrogens (primary N) is 1. The Morgan fingerprint density at radius 3 is 2.36 bits per heavy atom. The largest absolute Gasteiger partial charge is 0.324 e. The molecular formula is C12H24N2. The zero-order valence-electron chi connectivity index (χ0n) is 9.47. The molecule has 0 spiro atoms. The van der Waals surface area contributed by atoms with Crippen molar-refractivity contribution >= 4 is 0 Å². The monoisotopic (exact) mass is 196 g/mol. The van der Waals surface area contributed by atoms with E-state index in [0.29, 0.717) is 0 Å². The molecule has 2 aliphatic carbocycles. The second-order valence-electron chi connectivity index (χ2n) is 5.22. The van der Waals surface area contributed by atoms with Crippen LogP contribution in [-0.2, 0) is 0 Å². The number of likely N-dealkylation sites (N-methyl/N-ethyl adjacent to an activating group) is 1. The van der Waals surface area contributed by atoms with Crippen molar-refractivity contribution in [3.63, 3.8) is 0 Å². The smallest absolute Gasteiger partial charge is 0.0284 e. The molecule has 0 aromatic heterocycles. The van der Waals surface area contributed by atoms with Gasteiger partial charge in [-0.25, -0.2) is 0 Å². The van der Waals surface area contributed by atoms with Gasteiger partial charge < -0.3 is 5.73 Å². The van der Waals surface area contributed by atoms with Gasteiger partial charge in [0.05, 0.1) is 0 Å². The Balaban J connectivity index is 1.84. The van der Waals surface area contributed by atoms with E-state index in [1.807, 2.05) is 0 Å². The summed E-state index contributed by atoms with van der Waals surface area (Å²) < 4.78 is 0. The zero-order chi connectivity index (χ0) is 10.0. The molecule has 0 unspecified atom stereocenters. The lowest BCUT2D eigenvalue weighted by Crippen LogP contribution is -2.45. The van der Waals surface area contributed by atoms with Crippen LogP contribution in [0, 0.1) is 0 Å². The van der Waals surface area contributed by atoms with Gasteiger partial charge in [0.1, 0.15) is 0 Å². The van der Waals surface area contributed by atoms with Crippen LogP contribution < -0.4 is 5.73 Å². The Labute approximate surface area is 87.8 Å². The molecule has 0 radical (unpaired) electrons. The van der Waals surface area contributed by atoms with Crippen LogP contribution in [0.5, 0.6) is 0 Å².